The zero-order valence-electron chi connectivity index (χ0n) is 11.8. The van der Waals surface area contributed by atoms with Gasteiger partial charge in [-0.1, -0.05) is 6.92 Å². The van der Waals surface area contributed by atoms with Gasteiger partial charge in [-0.15, -0.1) is 0 Å². The lowest BCUT2D eigenvalue weighted by Crippen LogP contribution is -2.15. The number of carbonyl (C=O) groups excluding carboxylic acids is 1. The van der Waals surface area contributed by atoms with Crippen LogP contribution in [0, 0.1) is 0 Å². The van der Waals surface area contributed by atoms with Crippen molar-refractivity contribution >= 4 is 6.29 Å². The molecule has 0 bridgehead atoms. The molecule has 0 aliphatic heterocycles. The van der Waals surface area contributed by atoms with Crippen LogP contribution in [0.5, 0.6) is 11.5 Å². The molecule has 0 aliphatic rings. The van der Waals surface area contributed by atoms with E-state index in [1.54, 1.807) is 25.3 Å². The van der Waals surface area contributed by atoms with E-state index in [9.17, 15) is 4.79 Å². The normalized spacial score (nSPS) is 11.9. The van der Waals surface area contributed by atoms with Gasteiger partial charge in [0, 0.05) is 26.2 Å². The minimum absolute atomic E-state index is 0.0138. The van der Waals surface area contributed by atoms with Crippen molar-refractivity contribution in [3.63, 3.8) is 0 Å². The van der Waals surface area contributed by atoms with Gasteiger partial charge in [0.1, 0.15) is 11.5 Å². The van der Waals surface area contributed by atoms with Crippen LogP contribution in [0.2, 0.25) is 0 Å². The Morgan fingerprint density at radius 1 is 1.32 bits per heavy atom. The third-order valence-electron chi connectivity index (χ3n) is 2.64. The topological polar surface area (TPSA) is 44.8 Å². The molecule has 1 aromatic carbocycles. The lowest BCUT2D eigenvalue weighted by Gasteiger charge is -2.16. The Bertz CT molecular complexity index is 390. The first-order valence-electron chi connectivity index (χ1n) is 6.58. The molecule has 0 saturated carbocycles. The smallest absolute Gasteiger partial charge is 0.153 e. The van der Waals surface area contributed by atoms with E-state index in [0.717, 1.165) is 24.9 Å². The Balaban J connectivity index is 2.74. The number of aldehydes is 1. The van der Waals surface area contributed by atoms with Crippen LogP contribution in [-0.4, -0.2) is 32.7 Å². The van der Waals surface area contributed by atoms with Crippen molar-refractivity contribution < 1.29 is 19.0 Å². The highest BCUT2D eigenvalue weighted by Gasteiger charge is 2.10. The second-order valence-electron chi connectivity index (χ2n) is 4.38. The van der Waals surface area contributed by atoms with Crippen LogP contribution < -0.4 is 9.47 Å². The van der Waals surface area contributed by atoms with Crippen molar-refractivity contribution in [1.29, 1.82) is 0 Å². The van der Waals surface area contributed by atoms with E-state index in [-0.39, 0.29) is 6.10 Å². The van der Waals surface area contributed by atoms with Gasteiger partial charge in [0.05, 0.1) is 18.3 Å². The van der Waals surface area contributed by atoms with Crippen LogP contribution in [0.25, 0.3) is 0 Å². The van der Waals surface area contributed by atoms with Crippen LogP contribution in [0.15, 0.2) is 18.2 Å². The predicted molar refractivity (Wildman–Crippen MR) is 74.2 cm³/mol. The molecule has 0 saturated heterocycles. The van der Waals surface area contributed by atoms with E-state index in [2.05, 4.69) is 0 Å². The summed E-state index contributed by atoms with van der Waals surface area (Å²) in [5.41, 5.74) is 0.535. The Labute approximate surface area is 114 Å². The van der Waals surface area contributed by atoms with Crippen molar-refractivity contribution in [2.75, 3.05) is 20.3 Å². The summed E-state index contributed by atoms with van der Waals surface area (Å²) in [7, 11) is 1.66. The lowest BCUT2D eigenvalue weighted by atomic mass is 10.2. The summed E-state index contributed by atoms with van der Waals surface area (Å²) < 4.78 is 16.3. The van der Waals surface area contributed by atoms with Gasteiger partial charge in [-0.05, 0) is 25.5 Å². The fourth-order valence-electron chi connectivity index (χ4n) is 1.58. The van der Waals surface area contributed by atoms with Gasteiger partial charge >= 0.3 is 0 Å². The Hall–Kier alpha value is -1.55. The largest absolute Gasteiger partial charge is 0.493 e. The van der Waals surface area contributed by atoms with Crippen LogP contribution in [0.1, 0.15) is 37.0 Å². The fraction of sp³-hybridized carbons (Fsp3) is 0.533. The van der Waals surface area contributed by atoms with Crippen molar-refractivity contribution in [1.82, 2.24) is 0 Å². The quantitative estimate of drug-likeness (QED) is 0.644. The summed E-state index contributed by atoms with van der Waals surface area (Å²) in [6.45, 7) is 5.28. The van der Waals surface area contributed by atoms with Crippen LogP contribution in [0.4, 0.5) is 0 Å². The molecule has 4 nitrogen and oxygen atoms in total. The zero-order chi connectivity index (χ0) is 14.1. The zero-order valence-corrected chi connectivity index (χ0v) is 11.8. The molecule has 0 spiro atoms. The van der Waals surface area contributed by atoms with E-state index in [0.29, 0.717) is 24.5 Å². The molecule has 1 unspecified atom stereocenters. The molecular formula is C15H22O4. The molecule has 0 amide bonds. The molecule has 1 rings (SSSR count). The third-order valence-corrected chi connectivity index (χ3v) is 2.64. The molecular weight excluding hydrogens is 244 g/mol. The average Bonchev–Trinajstić information content (AvgIpc) is 2.43. The molecule has 0 N–H and O–H groups in total. The molecule has 0 aromatic heterocycles. The summed E-state index contributed by atoms with van der Waals surface area (Å²) in [6, 6.07) is 5.27. The number of methoxy groups -OCH3 is 1. The maximum Gasteiger partial charge on any atom is 0.153 e. The highest BCUT2D eigenvalue weighted by atomic mass is 16.5. The second kappa shape index (κ2) is 8.53. The van der Waals surface area contributed by atoms with Gasteiger partial charge < -0.3 is 14.2 Å². The van der Waals surface area contributed by atoms with Gasteiger partial charge in [-0.25, -0.2) is 0 Å². The fourth-order valence-corrected chi connectivity index (χ4v) is 1.58. The summed E-state index contributed by atoms with van der Waals surface area (Å²) in [5.74, 6) is 1.29. The van der Waals surface area contributed by atoms with Crippen molar-refractivity contribution in [3.8, 4) is 11.5 Å². The van der Waals surface area contributed by atoms with E-state index in [1.165, 1.54) is 0 Å². The minimum atomic E-state index is -0.0138. The van der Waals surface area contributed by atoms with E-state index < -0.39 is 0 Å². The standard InChI is InChI=1S/C15H22O4/c1-4-8-18-14-6-5-13(11-16)15(10-14)19-12(2)7-9-17-3/h5-6,10-12H,4,7-9H2,1-3H3. The summed E-state index contributed by atoms with van der Waals surface area (Å²) >= 11 is 0. The highest BCUT2D eigenvalue weighted by molar-refractivity contribution is 5.79. The minimum Gasteiger partial charge on any atom is -0.493 e. The van der Waals surface area contributed by atoms with Crippen molar-refractivity contribution in [2.24, 2.45) is 0 Å². The molecule has 0 heterocycles. The number of ether oxygens (including phenoxy) is 3. The van der Waals surface area contributed by atoms with Crippen LogP contribution >= 0.6 is 0 Å². The van der Waals surface area contributed by atoms with E-state index >= 15 is 0 Å². The van der Waals surface area contributed by atoms with E-state index in [4.69, 9.17) is 14.2 Å². The Morgan fingerprint density at radius 3 is 2.74 bits per heavy atom. The predicted octanol–water partition coefficient (Wildman–Crippen LogP) is 3.09. The monoisotopic (exact) mass is 266 g/mol. The number of carbonyl (C=O) groups is 1. The highest BCUT2D eigenvalue weighted by Crippen LogP contribution is 2.25. The Kier molecular flexibility index (Phi) is 6.97. The maximum absolute atomic E-state index is 11.0. The molecule has 1 atom stereocenters. The van der Waals surface area contributed by atoms with Crippen molar-refractivity contribution in [3.05, 3.63) is 23.8 Å². The SMILES string of the molecule is CCCOc1ccc(C=O)c(OC(C)CCOC)c1. The summed E-state index contributed by atoms with van der Waals surface area (Å²) in [4.78, 5) is 11.0. The van der Waals surface area contributed by atoms with Gasteiger partial charge in [-0.2, -0.15) is 0 Å². The molecule has 1 aromatic rings. The first-order valence-corrected chi connectivity index (χ1v) is 6.58. The van der Waals surface area contributed by atoms with Crippen LogP contribution in [-0.2, 0) is 4.74 Å². The lowest BCUT2D eigenvalue weighted by molar-refractivity contribution is 0.110. The molecule has 19 heavy (non-hydrogen) atoms. The van der Waals surface area contributed by atoms with E-state index in [1.807, 2.05) is 13.8 Å². The molecule has 0 fully saturated rings. The maximum atomic E-state index is 11.0. The Morgan fingerprint density at radius 2 is 2.11 bits per heavy atom. The third kappa shape index (κ3) is 5.30. The molecule has 4 heteroatoms. The second-order valence-corrected chi connectivity index (χ2v) is 4.38. The van der Waals surface area contributed by atoms with Gasteiger partial charge in [0.2, 0.25) is 0 Å². The van der Waals surface area contributed by atoms with Gasteiger partial charge in [0.15, 0.2) is 6.29 Å². The van der Waals surface area contributed by atoms with Crippen LogP contribution in [0.3, 0.4) is 0 Å². The average molecular weight is 266 g/mol. The van der Waals surface area contributed by atoms with Gasteiger partial charge in [-0.3, -0.25) is 4.79 Å². The number of benzene rings is 1. The number of hydrogen-bond acceptors (Lipinski definition) is 4. The summed E-state index contributed by atoms with van der Waals surface area (Å²) in [5, 5.41) is 0. The summed E-state index contributed by atoms with van der Waals surface area (Å²) in [6.07, 6.45) is 2.49. The molecule has 0 radical (unpaired) electrons. The van der Waals surface area contributed by atoms with Crippen molar-refractivity contribution in [2.45, 2.75) is 32.8 Å². The molecule has 0 aliphatic carbocycles. The molecule has 106 valence electrons. The number of rotatable bonds is 9. The van der Waals surface area contributed by atoms with Gasteiger partial charge in [0.25, 0.3) is 0 Å². The first-order chi connectivity index (χ1) is 9.21. The first kappa shape index (κ1) is 15.5. The number of hydrogen-bond donors (Lipinski definition) is 0.